The maximum atomic E-state index is 12.2. The largest absolute Gasteiger partial charge is 0.495 e. The maximum Gasteiger partial charge on any atom is 0.407 e. The van der Waals surface area contributed by atoms with Gasteiger partial charge in [0.1, 0.15) is 12.4 Å². The van der Waals surface area contributed by atoms with Crippen molar-refractivity contribution < 1.29 is 19.4 Å². The van der Waals surface area contributed by atoms with E-state index in [0.29, 0.717) is 11.3 Å². The summed E-state index contributed by atoms with van der Waals surface area (Å²) in [5.74, 6) is 6.49. The van der Waals surface area contributed by atoms with Gasteiger partial charge in [-0.3, -0.25) is 0 Å². The second kappa shape index (κ2) is 9.38. The summed E-state index contributed by atoms with van der Waals surface area (Å²) in [7, 11) is 1.56. The van der Waals surface area contributed by atoms with Gasteiger partial charge in [-0.05, 0) is 39.9 Å². The second-order valence-electron chi connectivity index (χ2n) is 7.17. The monoisotopic (exact) mass is 413 g/mol. The lowest BCUT2D eigenvalue weighted by Gasteiger charge is -2.14. The molecule has 156 valence electrons. The summed E-state index contributed by atoms with van der Waals surface area (Å²) in [6.07, 6.45) is -0.507. The van der Waals surface area contributed by atoms with Crippen LogP contribution in [0.1, 0.15) is 28.2 Å². The number of aliphatic hydroxyl groups excluding tert-OH is 1. The highest BCUT2D eigenvalue weighted by atomic mass is 16.5. The van der Waals surface area contributed by atoms with Crippen LogP contribution in [-0.4, -0.2) is 31.5 Å². The number of methoxy groups -OCH3 is 1. The summed E-state index contributed by atoms with van der Waals surface area (Å²) in [5.41, 5.74) is 6.13. The number of nitrogens with one attached hydrogen (secondary N) is 1. The fourth-order valence-electron chi connectivity index (χ4n) is 3.86. The molecule has 0 unspecified atom stereocenters. The minimum absolute atomic E-state index is 0.0229. The quantitative estimate of drug-likeness (QED) is 0.619. The molecule has 0 bridgehead atoms. The van der Waals surface area contributed by atoms with Crippen molar-refractivity contribution in [2.24, 2.45) is 0 Å². The summed E-state index contributed by atoms with van der Waals surface area (Å²) in [6, 6.07) is 21.7. The Hall–Kier alpha value is -3.75. The summed E-state index contributed by atoms with van der Waals surface area (Å²) >= 11 is 0. The van der Waals surface area contributed by atoms with Crippen molar-refractivity contribution in [3.05, 3.63) is 89.0 Å². The molecule has 5 heteroatoms. The number of hydrogen-bond acceptors (Lipinski definition) is 4. The maximum absolute atomic E-state index is 12.2. The van der Waals surface area contributed by atoms with E-state index < -0.39 is 6.09 Å². The number of rotatable bonds is 5. The van der Waals surface area contributed by atoms with E-state index in [9.17, 15) is 9.90 Å². The molecule has 0 radical (unpaired) electrons. The van der Waals surface area contributed by atoms with Gasteiger partial charge in [-0.15, -0.1) is 0 Å². The number of benzene rings is 3. The summed E-state index contributed by atoms with van der Waals surface area (Å²) < 4.78 is 10.8. The van der Waals surface area contributed by atoms with Gasteiger partial charge in [-0.25, -0.2) is 4.79 Å². The Bertz CT molecular complexity index is 1110. The van der Waals surface area contributed by atoms with Gasteiger partial charge < -0.3 is 19.9 Å². The lowest BCUT2D eigenvalue weighted by molar-refractivity contribution is 0.144. The van der Waals surface area contributed by atoms with E-state index in [4.69, 9.17) is 9.47 Å². The summed E-state index contributed by atoms with van der Waals surface area (Å²) in [4.78, 5) is 12.2. The van der Waals surface area contributed by atoms with Gasteiger partial charge >= 0.3 is 6.09 Å². The molecule has 0 aromatic heterocycles. The molecule has 1 amide bonds. The van der Waals surface area contributed by atoms with Crippen molar-refractivity contribution in [2.75, 3.05) is 20.3 Å². The SMILES string of the molecule is COc1ccc(CO)cc1C#CCNC(=O)OCC1c2ccccc2-c2ccccc21. The Kier molecular flexibility index (Phi) is 6.21. The molecular weight excluding hydrogens is 390 g/mol. The Morgan fingerprint density at radius 2 is 1.71 bits per heavy atom. The molecule has 5 nitrogen and oxygen atoms in total. The zero-order valence-corrected chi connectivity index (χ0v) is 17.2. The first-order chi connectivity index (χ1) is 15.2. The first kappa shape index (κ1) is 20.5. The average molecular weight is 413 g/mol. The van der Waals surface area contributed by atoms with Crippen molar-refractivity contribution in [3.8, 4) is 28.7 Å². The van der Waals surface area contributed by atoms with Crippen molar-refractivity contribution >= 4 is 6.09 Å². The lowest BCUT2D eigenvalue weighted by atomic mass is 9.98. The van der Waals surface area contributed by atoms with Crippen LogP contribution in [0.25, 0.3) is 11.1 Å². The molecule has 3 aromatic rings. The minimum atomic E-state index is -0.507. The Morgan fingerprint density at radius 1 is 1.03 bits per heavy atom. The molecule has 0 saturated carbocycles. The number of aliphatic hydroxyl groups is 1. The lowest BCUT2D eigenvalue weighted by Crippen LogP contribution is -2.26. The predicted octanol–water partition coefficient (Wildman–Crippen LogP) is 4.08. The summed E-state index contributed by atoms with van der Waals surface area (Å²) in [5, 5.41) is 11.9. The molecule has 3 aromatic carbocycles. The topological polar surface area (TPSA) is 67.8 Å². The standard InChI is InChI=1S/C26H23NO4/c1-30-25-13-12-18(16-28)15-19(25)7-6-14-27-26(29)31-17-24-22-10-4-2-8-20(22)21-9-3-5-11-23(21)24/h2-5,8-13,15,24,28H,14,16-17H2,1H3,(H,27,29). The number of fused-ring (bicyclic) bond motifs is 3. The van der Waals surface area contributed by atoms with Gasteiger partial charge in [0.25, 0.3) is 0 Å². The molecule has 0 heterocycles. The van der Waals surface area contributed by atoms with Gasteiger partial charge in [0, 0.05) is 5.92 Å². The second-order valence-corrected chi connectivity index (χ2v) is 7.17. The first-order valence-electron chi connectivity index (χ1n) is 10.1. The van der Waals surface area contributed by atoms with Gasteiger partial charge in [0.05, 0.1) is 25.8 Å². The Morgan fingerprint density at radius 3 is 2.35 bits per heavy atom. The molecule has 2 N–H and O–H groups in total. The van der Waals surface area contributed by atoms with Gasteiger partial charge in [0.15, 0.2) is 0 Å². The molecule has 0 atom stereocenters. The third-order valence-corrected chi connectivity index (χ3v) is 5.33. The Labute approximate surface area is 181 Å². The molecule has 1 aliphatic carbocycles. The average Bonchev–Trinajstić information content (AvgIpc) is 3.14. The van der Waals surface area contributed by atoms with E-state index in [1.807, 2.05) is 24.3 Å². The van der Waals surface area contributed by atoms with Crippen LogP contribution in [0.3, 0.4) is 0 Å². The van der Waals surface area contributed by atoms with Crippen LogP contribution in [0.4, 0.5) is 4.79 Å². The molecule has 4 rings (SSSR count). The number of hydrogen-bond donors (Lipinski definition) is 2. The molecule has 1 aliphatic rings. The van der Waals surface area contributed by atoms with Crippen molar-refractivity contribution in [3.63, 3.8) is 0 Å². The normalized spacial score (nSPS) is 11.7. The molecule has 31 heavy (non-hydrogen) atoms. The number of carbonyl (C=O) groups is 1. The molecule has 0 saturated heterocycles. The van der Waals surface area contributed by atoms with Gasteiger partial charge in [-0.1, -0.05) is 66.4 Å². The van der Waals surface area contributed by atoms with E-state index in [2.05, 4.69) is 41.4 Å². The van der Waals surface area contributed by atoms with Crippen molar-refractivity contribution in [2.45, 2.75) is 12.5 Å². The predicted molar refractivity (Wildman–Crippen MR) is 119 cm³/mol. The number of carbonyl (C=O) groups excluding carboxylic acids is 1. The smallest absolute Gasteiger partial charge is 0.407 e. The number of ether oxygens (including phenoxy) is 2. The van der Waals surface area contributed by atoms with Gasteiger partial charge in [0.2, 0.25) is 0 Å². The van der Waals surface area contributed by atoms with Crippen LogP contribution in [0.2, 0.25) is 0 Å². The van der Waals surface area contributed by atoms with Crippen LogP contribution >= 0.6 is 0 Å². The number of alkyl carbamates (subject to hydrolysis) is 1. The zero-order chi connectivity index (χ0) is 21.6. The molecule has 0 fully saturated rings. The highest BCUT2D eigenvalue weighted by Crippen LogP contribution is 2.44. The van der Waals surface area contributed by atoms with E-state index in [-0.39, 0.29) is 25.7 Å². The molecular formula is C26H23NO4. The number of amides is 1. The highest BCUT2D eigenvalue weighted by molar-refractivity contribution is 5.79. The van der Waals surface area contributed by atoms with Crippen LogP contribution in [-0.2, 0) is 11.3 Å². The minimum Gasteiger partial charge on any atom is -0.495 e. The van der Waals surface area contributed by atoms with E-state index in [1.165, 1.54) is 22.3 Å². The summed E-state index contributed by atoms with van der Waals surface area (Å²) in [6.45, 7) is 0.333. The van der Waals surface area contributed by atoms with Crippen LogP contribution in [0.5, 0.6) is 5.75 Å². The highest BCUT2D eigenvalue weighted by Gasteiger charge is 2.28. The third-order valence-electron chi connectivity index (χ3n) is 5.33. The van der Waals surface area contributed by atoms with Gasteiger partial charge in [-0.2, -0.15) is 0 Å². The van der Waals surface area contributed by atoms with E-state index >= 15 is 0 Å². The van der Waals surface area contributed by atoms with E-state index in [1.54, 1.807) is 25.3 Å². The molecule has 0 aliphatic heterocycles. The fourth-order valence-corrected chi connectivity index (χ4v) is 3.86. The van der Waals surface area contributed by atoms with Crippen LogP contribution in [0.15, 0.2) is 66.7 Å². The van der Waals surface area contributed by atoms with Crippen molar-refractivity contribution in [1.29, 1.82) is 0 Å². The fraction of sp³-hybridized carbons (Fsp3) is 0.192. The van der Waals surface area contributed by atoms with Crippen molar-refractivity contribution in [1.82, 2.24) is 5.32 Å². The first-order valence-corrected chi connectivity index (χ1v) is 10.1. The third kappa shape index (κ3) is 4.40. The van der Waals surface area contributed by atoms with E-state index in [0.717, 1.165) is 5.56 Å². The van der Waals surface area contributed by atoms with Crippen LogP contribution in [0, 0.1) is 11.8 Å². The Balaban J connectivity index is 1.36. The molecule has 0 spiro atoms. The zero-order valence-electron chi connectivity index (χ0n) is 17.2. The van der Waals surface area contributed by atoms with Crippen LogP contribution < -0.4 is 10.1 Å².